The standard InChI is InChI=1S/C16H18FNO2/c1-11-14(3-2-4-15(11)17)16-6-5-13(20-16)9-18-12-7-8-19-10-12/h2-6,12,18H,7-10H2,1H3/t12-/m0/s1. The maximum Gasteiger partial charge on any atom is 0.134 e. The molecule has 1 fully saturated rings. The zero-order chi connectivity index (χ0) is 13.9. The number of hydrogen-bond acceptors (Lipinski definition) is 3. The van der Waals surface area contributed by atoms with Gasteiger partial charge in [-0.15, -0.1) is 0 Å². The van der Waals surface area contributed by atoms with Gasteiger partial charge in [-0.1, -0.05) is 12.1 Å². The molecule has 1 saturated heterocycles. The predicted octanol–water partition coefficient (Wildman–Crippen LogP) is 3.27. The number of halogens is 1. The fourth-order valence-corrected chi connectivity index (χ4v) is 2.43. The second-order valence-electron chi connectivity index (χ2n) is 5.12. The van der Waals surface area contributed by atoms with Crippen LogP contribution in [0, 0.1) is 12.7 Å². The van der Waals surface area contributed by atoms with Gasteiger partial charge in [0.2, 0.25) is 0 Å². The van der Waals surface area contributed by atoms with E-state index in [1.807, 2.05) is 18.2 Å². The quantitative estimate of drug-likeness (QED) is 0.930. The lowest BCUT2D eigenvalue weighted by Gasteiger charge is -2.08. The lowest BCUT2D eigenvalue weighted by Crippen LogP contribution is -2.28. The van der Waals surface area contributed by atoms with Gasteiger partial charge in [-0.25, -0.2) is 4.39 Å². The molecule has 0 saturated carbocycles. The van der Waals surface area contributed by atoms with E-state index >= 15 is 0 Å². The first-order valence-electron chi connectivity index (χ1n) is 6.89. The molecule has 3 nitrogen and oxygen atoms in total. The summed E-state index contributed by atoms with van der Waals surface area (Å²) in [6.07, 6.45) is 1.04. The zero-order valence-corrected chi connectivity index (χ0v) is 11.5. The van der Waals surface area contributed by atoms with Crippen molar-refractivity contribution < 1.29 is 13.5 Å². The van der Waals surface area contributed by atoms with Gasteiger partial charge >= 0.3 is 0 Å². The van der Waals surface area contributed by atoms with Crippen molar-refractivity contribution in [2.24, 2.45) is 0 Å². The third-order valence-corrected chi connectivity index (χ3v) is 3.69. The van der Waals surface area contributed by atoms with Crippen molar-refractivity contribution in [3.63, 3.8) is 0 Å². The molecule has 1 aromatic heterocycles. The van der Waals surface area contributed by atoms with Crippen LogP contribution in [0.15, 0.2) is 34.7 Å². The van der Waals surface area contributed by atoms with Gasteiger partial charge in [-0.05, 0) is 37.1 Å². The molecule has 2 heterocycles. The Balaban J connectivity index is 1.71. The molecule has 1 aliphatic rings. The van der Waals surface area contributed by atoms with Crippen LogP contribution in [0.25, 0.3) is 11.3 Å². The van der Waals surface area contributed by atoms with E-state index in [1.165, 1.54) is 6.07 Å². The molecule has 0 spiro atoms. The number of benzene rings is 1. The number of nitrogens with one attached hydrogen (secondary N) is 1. The normalized spacial score (nSPS) is 18.6. The Morgan fingerprint density at radius 3 is 3.00 bits per heavy atom. The highest BCUT2D eigenvalue weighted by Gasteiger charge is 2.15. The summed E-state index contributed by atoms with van der Waals surface area (Å²) in [5, 5.41) is 3.40. The van der Waals surface area contributed by atoms with E-state index in [2.05, 4.69) is 5.32 Å². The lowest BCUT2D eigenvalue weighted by molar-refractivity contribution is 0.189. The summed E-state index contributed by atoms with van der Waals surface area (Å²) in [6.45, 7) is 4.02. The van der Waals surface area contributed by atoms with Crippen LogP contribution in [0.1, 0.15) is 17.7 Å². The SMILES string of the molecule is Cc1c(F)cccc1-c1ccc(CN[C@H]2CCOC2)o1. The van der Waals surface area contributed by atoms with Gasteiger partial charge in [-0.2, -0.15) is 0 Å². The van der Waals surface area contributed by atoms with Gasteiger partial charge in [0.1, 0.15) is 17.3 Å². The Labute approximate surface area is 117 Å². The average molecular weight is 275 g/mol. The van der Waals surface area contributed by atoms with Crippen molar-refractivity contribution >= 4 is 0 Å². The first-order chi connectivity index (χ1) is 9.74. The monoisotopic (exact) mass is 275 g/mol. The van der Waals surface area contributed by atoms with Crippen molar-refractivity contribution in [1.82, 2.24) is 5.32 Å². The maximum atomic E-state index is 13.6. The van der Waals surface area contributed by atoms with Crippen LogP contribution < -0.4 is 5.32 Å². The van der Waals surface area contributed by atoms with E-state index < -0.39 is 0 Å². The van der Waals surface area contributed by atoms with Crippen LogP contribution in [0.4, 0.5) is 4.39 Å². The van der Waals surface area contributed by atoms with E-state index in [-0.39, 0.29) is 5.82 Å². The lowest BCUT2D eigenvalue weighted by atomic mass is 10.1. The molecular formula is C16H18FNO2. The fourth-order valence-electron chi connectivity index (χ4n) is 2.43. The van der Waals surface area contributed by atoms with Crippen molar-refractivity contribution in [3.05, 3.63) is 47.5 Å². The summed E-state index contributed by atoms with van der Waals surface area (Å²) in [7, 11) is 0. The summed E-state index contributed by atoms with van der Waals surface area (Å²) in [6, 6.07) is 9.27. The third-order valence-electron chi connectivity index (χ3n) is 3.69. The molecule has 1 N–H and O–H groups in total. The van der Waals surface area contributed by atoms with Crippen molar-refractivity contribution in [3.8, 4) is 11.3 Å². The molecule has 1 atom stereocenters. The fraction of sp³-hybridized carbons (Fsp3) is 0.375. The molecule has 0 bridgehead atoms. The van der Waals surface area contributed by atoms with Crippen molar-refractivity contribution in [2.45, 2.75) is 25.9 Å². The molecule has 1 aromatic carbocycles. The van der Waals surface area contributed by atoms with Crippen LogP contribution in [0.3, 0.4) is 0 Å². The summed E-state index contributed by atoms with van der Waals surface area (Å²) in [5.74, 6) is 1.36. The molecule has 0 unspecified atom stereocenters. The van der Waals surface area contributed by atoms with Crippen LogP contribution >= 0.6 is 0 Å². The van der Waals surface area contributed by atoms with E-state index in [1.54, 1.807) is 13.0 Å². The number of furan rings is 1. The minimum Gasteiger partial charge on any atom is -0.460 e. The minimum atomic E-state index is -0.207. The molecule has 0 radical (unpaired) electrons. The highest BCUT2D eigenvalue weighted by Crippen LogP contribution is 2.27. The molecule has 3 rings (SSSR count). The molecule has 0 aliphatic carbocycles. The summed E-state index contributed by atoms with van der Waals surface area (Å²) in [5.41, 5.74) is 1.42. The minimum absolute atomic E-state index is 0.207. The highest BCUT2D eigenvalue weighted by molar-refractivity contribution is 5.62. The summed E-state index contributed by atoms with van der Waals surface area (Å²) >= 11 is 0. The number of hydrogen-bond donors (Lipinski definition) is 1. The zero-order valence-electron chi connectivity index (χ0n) is 11.5. The first kappa shape index (κ1) is 13.3. The van der Waals surface area contributed by atoms with Gasteiger partial charge in [-0.3, -0.25) is 0 Å². The Hall–Kier alpha value is -1.65. The van der Waals surface area contributed by atoms with Gasteiger partial charge in [0.05, 0.1) is 13.2 Å². The smallest absolute Gasteiger partial charge is 0.134 e. The van der Waals surface area contributed by atoms with Crippen LogP contribution in [-0.2, 0) is 11.3 Å². The largest absolute Gasteiger partial charge is 0.460 e. The Morgan fingerprint density at radius 1 is 1.30 bits per heavy atom. The topological polar surface area (TPSA) is 34.4 Å². The van der Waals surface area contributed by atoms with Crippen molar-refractivity contribution in [1.29, 1.82) is 0 Å². The Kier molecular flexibility index (Phi) is 3.85. The average Bonchev–Trinajstić information content (AvgIpc) is 3.10. The second kappa shape index (κ2) is 5.77. The maximum absolute atomic E-state index is 13.6. The van der Waals surface area contributed by atoms with Gasteiger partial charge in [0.15, 0.2) is 0 Å². The molecule has 2 aromatic rings. The second-order valence-corrected chi connectivity index (χ2v) is 5.12. The van der Waals surface area contributed by atoms with Crippen LogP contribution in [0.2, 0.25) is 0 Å². The molecule has 106 valence electrons. The Bertz CT molecular complexity index is 588. The van der Waals surface area contributed by atoms with Gasteiger partial charge in [0, 0.05) is 18.2 Å². The summed E-state index contributed by atoms with van der Waals surface area (Å²) < 4.78 is 24.7. The predicted molar refractivity (Wildman–Crippen MR) is 74.9 cm³/mol. The van der Waals surface area contributed by atoms with Crippen LogP contribution in [-0.4, -0.2) is 19.3 Å². The molecular weight excluding hydrogens is 257 g/mol. The van der Waals surface area contributed by atoms with Crippen molar-refractivity contribution in [2.75, 3.05) is 13.2 Å². The van der Waals surface area contributed by atoms with Gasteiger partial charge < -0.3 is 14.5 Å². The van der Waals surface area contributed by atoms with Gasteiger partial charge in [0.25, 0.3) is 0 Å². The number of rotatable bonds is 4. The summed E-state index contributed by atoms with van der Waals surface area (Å²) in [4.78, 5) is 0. The van der Waals surface area contributed by atoms with Crippen LogP contribution in [0.5, 0.6) is 0 Å². The molecule has 1 aliphatic heterocycles. The van der Waals surface area contributed by atoms with E-state index in [0.717, 1.165) is 31.0 Å². The number of ether oxygens (including phenoxy) is 1. The van der Waals surface area contributed by atoms with E-state index in [0.29, 0.717) is 23.9 Å². The third kappa shape index (κ3) is 2.76. The first-order valence-corrected chi connectivity index (χ1v) is 6.89. The Morgan fingerprint density at radius 2 is 2.20 bits per heavy atom. The highest BCUT2D eigenvalue weighted by atomic mass is 19.1. The molecule has 20 heavy (non-hydrogen) atoms. The van der Waals surface area contributed by atoms with E-state index in [9.17, 15) is 4.39 Å². The van der Waals surface area contributed by atoms with E-state index in [4.69, 9.17) is 9.15 Å². The molecule has 0 amide bonds. The molecule has 4 heteroatoms.